The third-order valence-corrected chi connectivity index (χ3v) is 3.78. The molecule has 8 heteroatoms. The quantitative estimate of drug-likeness (QED) is 0.525. The van der Waals surface area contributed by atoms with E-state index in [0.717, 1.165) is 0 Å². The Morgan fingerprint density at radius 3 is 1.71 bits per heavy atom. The molecule has 0 aliphatic carbocycles. The van der Waals surface area contributed by atoms with Crippen molar-refractivity contribution in [2.75, 3.05) is 37.6 Å². The zero-order valence-electron chi connectivity index (χ0n) is 11.5. The molecule has 1 aliphatic rings. The van der Waals surface area contributed by atoms with Crippen LogP contribution in [0.25, 0.3) is 0 Å². The van der Waals surface area contributed by atoms with Crippen molar-refractivity contribution >= 4 is 5.69 Å². The van der Waals surface area contributed by atoms with E-state index in [1.165, 1.54) is 4.90 Å². The second-order valence-electron chi connectivity index (χ2n) is 5.03. The van der Waals surface area contributed by atoms with Crippen molar-refractivity contribution in [2.24, 2.45) is 5.73 Å². The smallest absolute Gasteiger partial charge is 0.200 e. The van der Waals surface area contributed by atoms with Gasteiger partial charge >= 0.3 is 0 Å². The van der Waals surface area contributed by atoms with Crippen molar-refractivity contribution in [1.82, 2.24) is 4.90 Å². The lowest BCUT2D eigenvalue weighted by molar-refractivity contribution is 0.200. The number of hydrogen-bond donors (Lipinski definition) is 1. The van der Waals surface area contributed by atoms with Crippen LogP contribution in [0.4, 0.5) is 27.6 Å². The molecule has 2 rings (SSSR count). The Balaban J connectivity index is 2.25. The van der Waals surface area contributed by atoms with Crippen LogP contribution in [0, 0.1) is 29.1 Å². The molecule has 1 aromatic rings. The molecule has 2 N–H and O–H groups in total. The number of halogens is 5. The number of rotatable bonds is 3. The predicted octanol–water partition coefficient (Wildman–Crippen LogP) is 1.85. The molecule has 1 aliphatic heterocycles. The topological polar surface area (TPSA) is 32.5 Å². The highest BCUT2D eigenvalue weighted by atomic mass is 19.2. The van der Waals surface area contributed by atoms with Crippen LogP contribution >= 0.6 is 0 Å². The van der Waals surface area contributed by atoms with Crippen LogP contribution in [0.5, 0.6) is 0 Å². The molecule has 0 radical (unpaired) electrons. The summed E-state index contributed by atoms with van der Waals surface area (Å²) < 4.78 is 66.8. The van der Waals surface area contributed by atoms with Crippen molar-refractivity contribution < 1.29 is 22.0 Å². The molecule has 1 fully saturated rings. The van der Waals surface area contributed by atoms with Gasteiger partial charge in [-0.3, -0.25) is 4.90 Å². The Hall–Kier alpha value is -1.41. The molecule has 0 amide bonds. The van der Waals surface area contributed by atoms with E-state index in [-0.39, 0.29) is 19.1 Å². The minimum Gasteiger partial charge on any atom is -0.364 e. The number of benzene rings is 1. The Bertz CT molecular complexity index is 500. The normalized spacial score (nSPS) is 18.1. The van der Waals surface area contributed by atoms with Gasteiger partial charge in [-0.15, -0.1) is 0 Å². The highest BCUT2D eigenvalue weighted by molar-refractivity contribution is 5.51. The lowest BCUT2D eigenvalue weighted by atomic mass is 10.2. The average molecular weight is 309 g/mol. The third kappa shape index (κ3) is 2.82. The van der Waals surface area contributed by atoms with E-state index in [1.807, 2.05) is 11.8 Å². The summed E-state index contributed by atoms with van der Waals surface area (Å²) in [6, 6.07) is 0.100. The van der Waals surface area contributed by atoms with Gasteiger partial charge in [-0.1, -0.05) is 0 Å². The number of anilines is 1. The zero-order chi connectivity index (χ0) is 15.7. The first kappa shape index (κ1) is 16.0. The summed E-state index contributed by atoms with van der Waals surface area (Å²) >= 11 is 0. The summed E-state index contributed by atoms with van der Waals surface area (Å²) in [6.07, 6.45) is 0. The van der Waals surface area contributed by atoms with Crippen LogP contribution < -0.4 is 10.6 Å². The van der Waals surface area contributed by atoms with Gasteiger partial charge in [0.15, 0.2) is 23.3 Å². The molecule has 0 aromatic heterocycles. The number of nitrogens with two attached hydrogens (primary N) is 1. The third-order valence-electron chi connectivity index (χ3n) is 3.78. The molecule has 0 bridgehead atoms. The van der Waals surface area contributed by atoms with Gasteiger partial charge in [-0.2, -0.15) is 0 Å². The first-order valence-electron chi connectivity index (χ1n) is 6.59. The summed E-state index contributed by atoms with van der Waals surface area (Å²) in [6.45, 7) is 3.57. The molecular weight excluding hydrogens is 293 g/mol. The highest BCUT2D eigenvalue weighted by Gasteiger charge is 2.31. The lowest BCUT2D eigenvalue weighted by Gasteiger charge is -2.38. The Morgan fingerprint density at radius 1 is 0.857 bits per heavy atom. The van der Waals surface area contributed by atoms with Gasteiger partial charge in [0, 0.05) is 38.8 Å². The van der Waals surface area contributed by atoms with E-state index >= 15 is 0 Å². The molecule has 0 spiro atoms. The first-order valence-corrected chi connectivity index (χ1v) is 6.59. The molecule has 0 saturated carbocycles. The van der Waals surface area contributed by atoms with E-state index in [1.54, 1.807) is 0 Å². The van der Waals surface area contributed by atoms with Crippen molar-refractivity contribution in [3.63, 3.8) is 0 Å². The Morgan fingerprint density at radius 2 is 1.29 bits per heavy atom. The highest BCUT2D eigenvalue weighted by Crippen LogP contribution is 2.30. The maximum atomic E-state index is 13.7. The molecule has 1 saturated heterocycles. The van der Waals surface area contributed by atoms with Crippen LogP contribution in [0.15, 0.2) is 0 Å². The summed E-state index contributed by atoms with van der Waals surface area (Å²) in [5.41, 5.74) is 4.68. The van der Waals surface area contributed by atoms with Gasteiger partial charge in [-0.05, 0) is 6.92 Å². The van der Waals surface area contributed by atoms with Crippen molar-refractivity contribution in [3.05, 3.63) is 29.1 Å². The summed E-state index contributed by atoms with van der Waals surface area (Å²) in [5, 5.41) is 0. The fraction of sp³-hybridized carbons (Fsp3) is 0.538. The van der Waals surface area contributed by atoms with Crippen LogP contribution in [-0.2, 0) is 0 Å². The maximum absolute atomic E-state index is 13.7. The molecule has 1 atom stereocenters. The first-order chi connectivity index (χ1) is 9.88. The van der Waals surface area contributed by atoms with Crippen molar-refractivity contribution in [3.8, 4) is 0 Å². The van der Waals surface area contributed by atoms with E-state index in [9.17, 15) is 22.0 Å². The van der Waals surface area contributed by atoms with E-state index < -0.39 is 34.8 Å². The van der Waals surface area contributed by atoms with Gasteiger partial charge in [0.2, 0.25) is 5.82 Å². The van der Waals surface area contributed by atoms with Gasteiger partial charge in [0.1, 0.15) is 5.69 Å². The molecule has 1 unspecified atom stereocenters. The minimum atomic E-state index is -2.14. The summed E-state index contributed by atoms with van der Waals surface area (Å²) in [4.78, 5) is 3.18. The fourth-order valence-corrected chi connectivity index (χ4v) is 2.41. The summed E-state index contributed by atoms with van der Waals surface area (Å²) in [7, 11) is 0. The van der Waals surface area contributed by atoms with E-state index in [2.05, 4.69) is 0 Å². The lowest BCUT2D eigenvalue weighted by Crippen LogP contribution is -2.52. The van der Waals surface area contributed by atoms with E-state index in [4.69, 9.17) is 5.73 Å². The van der Waals surface area contributed by atoms with Gasteiger partial charge in [-0.25, -0.2) is 22.0 Å². The predicted molar refractivity (Wildman–Crippen MR) is 68.5 cm³/mol. The second kappa shape index (κ2) is 6.15. The standard InChI is InChI=1S/C13H16F5N3/c1-7(6-19)20-2-4-21(5-3-20)13-11(17)9(15)8(14)10(16)12(13)18/h7H,2-6,19H2,1H3. The minimum absolute atomic E-state index is 0.100. The number of piperazine rings is 1. The summed E-state index contributed by atoms with van der Waals surface area (Å²) in [5.74, 6) is -9.54. The molecule has 1 heterocycles. The monoisotopic (exact) mass is 309 g/mol. The average Bonchev–Trinajstić information content (AvgIpc) is 2.51. The number of nitrogens with zero attached hydrogens (tertiary/aromatic N) is 2. The Kier molecular flexibility index (Phi) is 4.67. The van der Waals surface area contributed by atoms with Gasteiger partial charge in [0.05, 0.1) is 0 Å². The van der Waals surface area contributed by atoms with Gasteiger partial charge in [0.25, 0.3) is 0 Å². The van der Waals surface area contributed by atoms with Crippen LogP contribution in [0.2, 0.25) is 0 Å². The van der Waals surface area contributed by atoms with Crippen LogP contribution in [0.3, 0.4) is 0 Å². The molecular formula is C13H16F5N3. The Labute approximate surface area is 119 Å². The molecule has 118 valence electrons. The van der Waals surface area contributed by atoms with Gasteiger partial charge < -0.3 is 10.6 Å². The SMILES string of the molecule is CC(CN)N1CCN(c2c(F)c(F)c(F)c(F)c2F)CC1. The van der Waals surface area contributed by atoms with Crippen LogP contribution in [0.1, 0.15) is 6.92 Å². The number of hydrogen-bond acceptors (Lipinski definition) is 3. The molecule has 21 heavy (non-hydrogen) atoms. The molecule has 1 aromatic carbocycles. The van der Waals surface area contributed by atoms with E-state index in [0.29, 0.717) is 19.6 Å². The largest absolute Gasteiger partial charge is 0.364 e. The van der Waals surface area contributed by atoms with Crippen molar-refractivity contribution in [1.29, 1.82) is 0 Å². The fourth-order valence-electron chi connectivity index (χ4n) is 2.41. The zero-order valence-corrected chi connectivity index (χ0v) is 11.5. The second-order valence-corrected chi connectivity index (χ2v) is 5.03. The van der Waals surface area contributed by atoms with Crippen LogP contribution in [-0.4, -0.2) is 43.7 Å². The maximum Gasteiger partial charge on any atom is 0.200 e. The van der Waals surface area contributed by atoms with Crippen molar-refractivity contribution in [2.45, 2.75) is 13.0 Å². The molecule has 3 nitrogen and oxygen atoms in total.